The van der Waals surface area contributed by atoms with Crippen molar-refractivity contribution in [2.75, 3.05) is 0 Å². The largest absolute Gasteiger partial charge is 0.328 e. The molecule has 1 aromatic carbocycles. The number of fused-ring (bicyclic) bond motifs is 1. The third-order valence-electron chi connectivity index (χ3n) is 4.05. The van der Waals surface area contributed by atoms with Crippen LogP contribution in [0.15, 0.2) is 35.9 Å². The molecule has 2 N–H and O–H groups in total. The van der Waals surface area contributed by atoms with Crippen LogP contribution in [0.4, 0.5) is 0 Å². The van der Waals surface area contributed by atoms with Gasteiger partial charge >= 0.3 is 0 Å². The van der Waals surface area contributed by atoms with Crippen LogP contribution in [-0.2, 0) is 13.0 Å². The minimum atomic E-state index is 0.239. The van der Waals surface area contributed by atoms with E-state index in [9.17, 15) is 0 Å². The molecule has 0 saturated heterocycles. The highest BCUT2D eigenvalue weighted by atomic mass is 15.1. The highest BCUT2D eigenvalue weighted by molar-refractivity contribution is 5.76. The molecule has 1 aliphatic rings. The summed E-state index contributed by atoms with van der Waals surface area (Å²) < 4.78 is 2.37. The van der Waals surface area contributed by atoms with Crippen LogP contribution < -0.4 is 5.73 Å². The summed E-state index contributed by atoms with van der Waals surface area (Å²) in [6, 6.07) is 8.66. The summed E-state index contributed by atoms with van der Waals surface area (Å²) in [5.74, 6) is 1.19. The lowest BCUT2D eigenvalue weighted by Gasteiger charge is -2.18. The summed E-state index contributed by atoms with van der Waals surface area (Å²) in [5, 5.41) is 0. The quantitative estimate of drug-likeness (QED) is 0.864. The monoisotopic (exact) mass is 269 g/mol. The van der Waals surface area contributed by atoms with Crippen molar-refractivity contribution in [3.05, 3.63) is 41.7 Å². The van der Waals surface area contributed by atoms with Crippen LogP contribution in [0.2, 0.25) is 0 Å². The van der Waals surface area contributed by atoms with Crippen molar-refractivity contribution in [2.45, 2.75) is 51.6 Å². The van der Waals surface area contributed by atoms with E-state index in [1.807, 2.05) is 0 Å². The Morgan fingerprint density at radius 1 is 1.35 bits per heavy atom. The molecule has 0 fully saturated rings. The van der Waals surface area contributed by atoms with Crippen LogP contribution >= 0.6 is 0 Å². The second kappa shape index (κ2) is 5.80. The predicted octanol–water partition coefficient (Wildman–Crippen LogP) is 3.43. The first kappa shape index (κ1) is 13.4. The number of hydrogen-bond donors (Lipinski definition) is 1. The molecule has 106 valence electrons. The van der Waals surface area contributed by atoms with Gasteiger partial charge in [-0.15, -0.1) is 0 Å². The van der Waals surface area contributed by atoms with Crippen molar-refractivity contribution in [2.24, 2.45) is 5.73 Å². The highest BCUT2D eigenvalue weighted by Gasteiger charge is 2.15. The first-order valence-corrected chi connectivity index (χ1v) is 7.67. The zero-order valence-corrected chi connectivity index (χ0v) is 12.2. The Bertz CT molecular complexity index is 624. The molecule has 1 heterocycles. The normalized spacial score (nSPS) is 19.3. The van der Waals surface area contributed by atoms with Crippen LogP contribution in [0.5, 0.6) is 0 Å². The number of imidazole rings is 1. The van der Waals surface area contributed by atoms with E-state index in [2.05, 4.69) is 41.8 Å². The zero-order chi connectivity index (χ0) is 13.9. The molecule has 1 aromatic heterocycles. The van der Waals surface area contributed by atoms with Gasteiger partial charge in [-0.1, -0.05) is 30.7 Å². The van der Waals surface area contributed by atoms with Gasteiger partial charge in [0.1, 0.15) is 5.82 Å². The van der Waals surface area contributed by atoms with Crippen molar-refractivity contribution >= 4 is 11.0 Å². The molecule has 0 amide bonds. The van der Waals surface area contributed by atoms with Gasteiger partial charge in [0.25, 0.3) is 0 Å². The van der Waals surface area contributed by atoms with Crippen molar-refractivity contribution in [3.63, 3.8) is 0 Å². The average molecular weight is 269 g/mol. The van der Waals surface area contributed by atoms with Gasteiger partial charge in [0.15, 0.2) is 0 Å². The van der Waals surface area contributed by atoms with Crippen LogP contribution in [0.1, 0.15) is 38.4 Å². The Morgan fingerprint density at radius 2 is 2.20 bits per heavy atom. The summed E-state index contributed by atoms with van der Waals surface area (Å²) in [5.41, 5.74) is 9.86. The molecule has 1 atom stereocenters. The molecule has 0 bridgehead atoms. The number of nitrogens with two attached hydrogens (primary N) is 1. The fourth-order valence-corrected chi connectivity index (χ4v) is 3.12. The molecule has 3 rings (SSSR count). The Kier molecular flexibility index (Phi) is 3.88. The van der Waals surface area contributed by atoms with E-state index in [-0.39, 0.29) is 6.04 Å². The predicted molar refractivity (Wildman–Crippen MR) is 83.6 cm³/mol. The lowest BCUT2D eigenvalue weighted by Crippen LogP contribution is -2.21. The Labute approximate surface area is 120 Å². The zero-order valence-electron chi connectivity index (χ0n) is 12.2. The molecule has 2 aromatic rings. The maximum Gasteiger partial charge on any atom is 0.113 e. The van der Waals surface area contributed by atoms with E-state index in [0.29, 0.717) is 0 Å². The summed E-state index contributed by atoms with van der Waals surface area (Å²) in [7, 11) is 0. The smallest absolute Gasteiger partial charge is 0.113 e. The van der Waals surface area contributed by atoms with E-state index < -0.39 is 0 Å². The maximum atomic E-state index is 6.05. The van der Waals surface area contributed by atoms with Gasteiger partial charge in [-0.2, -0.15) is 0 Å². The van der Waals surface area contributed by atoms with Crippen LogP contribution in [0.25, 0.3) is 11.0 Å². The molecule has 0 spiro atoms. The van der Waals surface area contributed by atoms with Gasteiger partial charge in [-0.3, -0.25) is 0 Å². The molecule has 0 radical (unpaired) electrons. The topological polar surface area (TPSA) is 43.8 Å². The van der Waals surface area contributed by atoms with Gasteiger partial charge in [-0.25, -0.2) is 4.98 Å². The number of aryl methyl sites for hydroxylation is 1. The number of rotatable bonds is 4. The molecular weight excluding hydrogens is 246 g/mol. The number of nitrogens with zero attached hydrogens (tertiary/aromatic N) is 2. The second-order valence-electron chi connectivity index (χ2n) is 5.73. The van der Waals surface area contributed by atoms with E-state index in [1.54, 1.807) is 0 Å². The molecule has 3 nitrogen and oxygen atoms in total. The van der Waals surface area contributed by atoms with Gasteiger partial charge in [0.2, 0.25) is 0 Å². The van der Waals surface area contributed by atoms with Gasteiger partial charge in [0.05, 0.1) is 11.0 Å². The Morgan fingerprint density at radius 3 is 3.00 bits per heavy atom. The molecular formula is C17H23N3. The van der Waals surface area contributed by atoms with E-state index in [1.165, 1.54) is 29.8 Å². The lowest BCUT2D eigenvalue weighted by molar-refractivity contribution is 0.603. The summed E-state index contributed by atoms with van der Waals surface area (Å²) in [4.78, 5) is 4.83. The standard InChI is InChI=1S/C17H23N3/c1-2-10-20-16-9-4-3-8-15(16)19-17(20)12-13-6-5-7-14(18)11-13/h3-4,8-9,11,14H,2,5-7,10,12,18H2,1H3. The van der Waals surface area contributed by atoms with Crippen molar-refractivity contribution in [1.29, 1.82) is 0 Å². The van der Waals surface area contributed by atoms with Gasteiger partial charge < -0.3 is 10.3 Å². The first-order valence-electron chi connectivity index (χ1n) is 7.67. The average Bonchev–Trinajstić information content (AvgIpc) is 2.77. The Balaban J connectivity index is 1.96. The van der Waals surface area contributed by atoms with E-state index >= 15 is 0 Å². The van der Waals surface area contributed by atoms with Crippen molar-refractivity contribution < 1.29 is 0 Å². The van der Waals surface area contributed by atoms with Crippen molar-refractivity contribution in [1.82, 2.24) is 9.55 Å². The summed E-state index contributed by atoms with van der Waals surface area (Å²) >= 11 is 0. The number of benzene rings is 1. The lowest BCUT2D eigenvalue weighted by atomic mass is 9.94. The second-order valence-corrected chi connectivity index (χ2v) is 5.73. The number of hydrogen-bond acceptors (Lipinski definition) is 2. The number of para-hydroxylation sites is 2. The number of aromatic nitrogens is 2. The first-order chi connectivity index (χ1) is 9.78. The summed E-state index contributed by atoms with van der Waals surface area (Å²) in [6.45, 7) is 3.25. The third-order valence-corrected chi connectivity index (χ3v) is 4.05. The SMILES string of the molecule is CCCn1c(CC2=CC(N)CCC2)nc2ccccc21. The van der Waals surface area contributed by atoms with Crippen LogP contribution in [0, 0.1) is 0 Å². The fraction of sp³-hybridized carbons (Fsp3) is 0.471. The maximum absolute atomic E-state index is 6.05. The van der Waals surface area contributed by atoms with Crippen LogP contribution in [0.3, 0.4) is 0 Å². The molecule has 0 saturated carbocycles. The minimum absolute atomic E-state index is 0.239. The van der Waals surface area contributed by atoms with E-state index in [4.69, 9.17) is 10.7 Å². The summed E-state index contributed by atoms with van der Waals surface area (Å²) in [6.07, 6.45) is 7.83. The van der Waals surface area contributed by atoms with Gasteiger partial charge in [0, 0.05) is 19.0 Å². The van der Waals surface area contributed by atoms with Crippen LogP contribution in [-0.4, -0.2) is 15.6 Å². The molecule has 3 heteroatoms. The minimum Gasteiger partial charge on any atom is -0.328 e. The molecule has 0 aliphatic heterocycles. The molecule has 20 heavy (non-hydrogen) atoms. The Hall–Kier alpha value is -1.61. The van der Waals surface area contributed by atoms with Gasteiger partial charge in [-0.05, 0) is 37.8 Å². The number of allylic oxidation sites excluding steroid dienone is 1. The third kappa shape index (κ3) is 2.63. The van der Waals surface area contributed by atoms with E-state index in [0.717, 1.165) is 31.3 Å². The fourth-order valence-electron chi connectivity index (χ4n) is 3.12. The molecule has 1 aliphatic carbocycles. The highest BCUT2D eigenvalue weighted by Crippen LogP contribution is 2.23. The van der Waals surface area contributed by atoms with Crippen molar-refractivity contribution in [3.8, 4) is 0 Å². The molecule has 1 unspecified atom stereocenters.